The summed E-state index contributed by atoms with van der Waals surface area (Å²) >= 11 is 5.85. The van der Waals surface area contributed by atoms with Crippen LogP contribution >= 0.6 is 11.6 Å². The number of benzene rings is 1. The van der Waals surface area contributed by atoms with Crippen molar-refractivity contribution in [2.45, 2.75) is 27.2 Å². The first-order valence-electron chi connectivity index (χ1n) is 6.63. The fourth-order valence-electron chi connectivity index (χ4n) is 2.18. The van der Waals surface area contributed by atoms with Crippen molar-refractivity contribution >= 4 is 22.5 Å². The Bertz CT molecular complexity index is 712. The topological polar surface area (TPSA) is 42.1 Å². The molecule has 0 atom stereocenters. The van der Waals surface area contributed by atoms with E-state index < -0.39 is 0 Å². The summed E-state index contributed by atoms with van der Waals surface area (Å²) in [5.41, 5.74) is 2.48. The number of rotatable bonds is 4. The van der Waals surface area contributed by atoms with E-state index in [1.54, 1.807) is 13.0 Å². The maximum absolute atomic E-state index is 12.6. The maximum atomic E-state index is 12.6. The third-order valence-electron chi connectivity index (χ3n) is 3.18. The van der Waals surface area contributed by atoms with E-state index in [2.05, 4.69) is 4.98 Å². The minimum absolute atomic E-state index is 0.0342. The number of pyridine rings is 1. The number of aromatic amines is 1. The van der Waals surface area contributed by atoms with E-state index in [0.717, 1.165) is 16.8 Å². The first kappa shape index (κ1) is 14.7. The lowest BCUT2D eigenvalue weighted by Crippen LogP contribution is -2.13. The van der Waals surface area contributed by atoms with Gasteiger partial charge < -0.3 is 9.72 Å². The molecule has 0 amide bonds. The first-order valence-corrected chi connectivity index (χ1v) is 7.01. The lowest BCUT2D eigenvalue weighted by Gasteiger charge is -2.08. The number of fused-ring (bicyclic) bond motifs is 1. The van der Waals surface area contributed by atoms with Gasteiger partial charge in [0.25, 0.3) is 0 Å². The van der Waals surface area contributed by atoms with Crippen molar-refractivity contribution in [2.24, 2.45) is 0 Å². The van der Waals surface area contributed by atoms with Crippen LogP contribution in [0.4, 0.5) is 0 Å². The first-order chi connectivity index (χ1) is 9.52. The summed E-state index contributed by atoms with van der Waals surface area (Å²) in [4.78, 5) is 15.8. The largest absolute Gasteiger partial charge is 0.494 e. The van der Waals surface area contributed by atoms with Crippen LogP contribution in [0.1, 0.15) is 25.1 Å². The molecule has 0 aliphatic carbocycles. The highest BCUT2D eigenvalue weighted by atomic mass is 35.5. The molecule has 2 aromatic rings. The highest BCUT2D eigenvalue weighted by Crippen LogP contribution is 2.19. The summed E-state index contributed by atoms with van der Waals surface area (Å²) in [6, 6.07) is 5.53. The molecule has 1 aromatic heterocycles. The molecule has 0 saturated carbocycles. The molecule has 106 valence electrons. The normalized spacial score (nSPS) is 11.9. The van der Waals surface area contributed by atoms with Crippen LogP contribution in [0.25, 0.3) is 10.9 Å². The van der Waals surface area contributed by atoms with E-state index in [1.165, 1.54) is 0 Å². The Labute approximate surface area is 123 Å². The molecule has 0 unspecified atom stereocenters. The van der Waals surface area contributed by atoms with Gasteiger partial charge in [-0.05, 0) is 45.4 Å². The van der Waals surface area contributed by atoms with E-state index >= 15 is 0 Å². The Kier molecular flexibility index (Phi) is 4.50. The van der Waals surface area contributed by atoms with Gasteiger partial charge in [-0.15, -0.1) is 0 Å². The highest BCUT2D eigenvalue weighted by Gasteiger charge is 2.09. The zero-order chi connectivity index (χ0) is 14.7. The average Bonchev–Trinajstić information content (AvgIpc) is 2.39. The molecule has 4 heteroatoms. The maximum Gasteiger partial charge on any atom is 0.193 e. The number of aryl methyl sites for hydroxylation is 1. The summed E-state index contributed by atoms with van der Waals surface area (Å²) in [6.45, 7) is 6.21. The summed E-state index contributed by atoms with van der Waals surface area (Å²) in [7, 11) is 0. The molecule has 0 fully saturated rings. The van der Waals surface area contributed by atoms with Crippen LogP contribution in [0.3, 0.4) is 0 Å². The molecule has 0 bridgehead atoms. The quantitative estimate of drug-likeness (QED) is 0.927. The Hall–Kier alpha value is -1.74. The molecule has 0 aliphatic rings. The molecule has 3 nitrogen and oxygen atoms in total. The zero-order valence-corrected chi connectivity index (χ0v) is 12.7. The molecule has 0 radical (unpaired) electrons. The molecular formula is C16H18ClNO2. The Morgan fingerprint density at radius 2 is 2.20 bits per heavy atom. The zero-order valence-electron chi connectivity index (χ0n) is 11.9. The molecule has 0 spiro atoms. The van der Waals surface area contributed by atoms with Gasteiger partial charge in [-0.2, -0.15) is 0 Å². The number of aromatic nitrogens is 1. The molecule has 20 heavy (non-hydrogen) atoms. The summed E-state index contributed by atoms with van der Waals surface area (Å²) < 4.78 is 5.45. The van der Waals surface area contributed by atoms with E-state index in [4.69, 9.17) is 16.3 Å². The smallest absolute Gasteiger partial charge is 0.193 e. The Morgan fingerprint density at radius 3 is 2.85 bits per heavy atom. The third kappa shape index (κ3) is 3.05. The standard InChI is InChI=1S/C16H18ClNO2/c1-4-20-12-6-8-15-14(9-12)16(19)13(11(3)18-15)7-5-10(2)17/h5-6,8-9H,4,7H2,1-3H3,(H,18,19). The number of allylic oxidation sites excluding steroid dienone is 2. The van der Waals surface area contributed by atoms with Crippen LogP contribution < -0.4 is 10.2 Å². The van der Waals surface area contributed by atoms with Gasteiger partial charge >= 0.3 is 0 Å². The van der Waals surface area contributed by atoms with Gasteiger partial charge in [0.1, 0.15) is 5.75 Å². The van der Waals surface area contributed by atoms with Crippen LogP contribution in [-0.4, -0.2) is 11.6 Å². The van der Waals surface area contributed by atoms with Gasteiger partial charge in [0.2, 0.25) is 0 Å². The van der Waals surface area contributed by atoms with Crippen molar-refractivity contribution in [2.75, 3.05) is 6.61 Å². The predicted octanol–water partition coefficient (Wildman–Crippen LogP) is 3.92. The van der Waals surface area contributed by atoms with Gasteiger partial charge in [0.05, 0.1) is 6.61 Å². The van der Waals surface area contributed by atoms with Crippen molar-refractivity contribution in [3.8, 4) is 5.75 Å². The number of hydrogen-bond donors (Lipinski definition) is 1. The van der Waals surface area contributed by atoms with Crippen LogP contribution in [0.2, 0.25) is 0 Å². The van der Waals surface area contributed by atoms with E-state index in [-0.39, 0.29) is 5.43 Å². The van der Waals surface area contributed by atoms with Crippen LogP contribution in [0, 0.1) is 6.92 Å². The monoisotopic (exact) mass is 291 g/mol. The lowest BCUT2D eigenvalue weighted by molar-refractivity contribution is 0.340. The minimum atomic E-state index is 0.0342. The highest BCUT2D eigenvalue weighted by molar-refractivity contribution is 6.29. The third-order valence-corrected chi connectivity index (χ3v) is 3.34. The van der Waals surface area contributed by atoms with Crippen molar-refractivity contribution < 1.29 is 4.74 Å². The second-order valence-electron chi connectivity index (χ2n) is 4.69. The molecular weight excluding hydrogens is 274 g/mol. The van der Waals surface area contributed by atoms with Crippen molar-refractivity contribution in [3.63, 3.8) is 0 Å². The van der Waals surface area contributed by atoms with E-state index in [0.29, 0.717) is 29.2 Å². The molecule has 1 N–H and O–H groups in total. The van der Waals surface area contributed by atoms with Crippen LogP contribution in [-0.2, 0) is 6.42 Å². The number of ether oxygens (including phenoxy) is 1. The molecule has 0 saturated heterocycles. The Balaban J connectivity index is 2.59. The fraction of sp³-hybridized carbons (Fsp3) is 0.312. The number of halogens is 1. The minimum Gasteiger partial charge on any atom is -0.494 e. The van der Waals surface area contributed by atoms with Crippen molar-refractivity contribution in [3.05, 3.63) is 50.8 Å². The van der Waals surface area contributed by atoms with Crippen molar-refractivity contribution in [1.82, 2.24) is 4.98 Å². The van der Waals surface area contributed by atoms with Crippen LogP contribution in [0.5, 0.6) is 5.75 Å². The summed E-state index contributed by atoms with van der Waals surface area (Å²) in [6.07, 6.45) is 2.38. The van der Waals surface area contributed by atoms with Gasteiger partial charge in [-0.1, -0.05) is 17.7 Å². The molecule has 1 heterocycles. The van der Waals surface area contributed by atoms with Crippen LogP contribution in [0.15, 0.2) is 34.1 Å². The molecule has 1 aromatic carbocycles. The fourth-order valence-corrected chi connectivity index (χ4v) is 2.25. The van der Waals surface area contributed by atoms with E-state index in [1.807, 2.05) is 32.1 Å². The second-order valence-corrected chi connectivity index (χ2v) is 5.29. The number of hydrogen-bond acceptors (Lipinski definition) is 2. The number of nitrogens with one attached hydrogen (secondary N) is 1. The number of H-pyrrole nitrogens is 1. The lowest BCUT2D eigenvalue weighted by atomic mass is 10.1. The predicted molar refractivity (Wildman–Crippen MR) is 83.8 cm³/mol. The summed E-state index contributed by atoms with van der Waals surface area (Å²) in [5.74, 6) is 0.712. The van der Waals surface area contributed by atoms with Gasteiger partial charge in [-0.3, -0.25) is 4.79 Å². The molecule has 2 rings (SSSR count). The van der Waals surface area contributed by atoms with E-state index in [9.17, 15) is 4.79 Å². The Morgan fingerprint density at radius 1 is 1.45 bits per heavy atom. The SMILES string of the molecule is CCOc1ccc2[nH]c(C)c(CC=C(C)Cl)c(=O)c2c1. The molecule has 0 aliphatic heterocycles. The summed E-state index contributed by atoms with van der Waals surface area (Å²) in [5, 5.41) is 1.34. The van der Waals surface area contributed by atoms with Gasteiger partial charge in [0, 0.05) is 27.2 Å². The van der Waals surface area contributed by atoms with Crippen molar-refractivity contribution in [1.29, 1.82) is 0 Å². The van der Waals surface area contributed by atoms with Gasteiger partial charge in [-0.25, -0.2) is 0 Å². The second kappa shape index (κ2) is 6.14. The van der Waals surface area contributed by atoms with Gasteiger partial charge in [0.15, 0.2) is 5.43 Å². The average molecular weight is 292 g/mol.